The molecule has 0 unspecified atom stereocenters. The third-order valence-corrected chi connectivity index (χ3v) is 7.31. The SMILES string of the molecule is O=C1N=C(N2CC(C(=O)O)C2)S/C1=C\c1ccc2c(cnn2Cc2ccc(Br)cc2C(F)(F)F)c1. The quantitative estimate of drug-likeness (QED) is 0.456. The molecule has 2 aliphatic rings. The lowest BCUT2D eigenvalue weighted by atomic mass is 10.0. The summed E-state index contributed by atoms with van der Waals surface area (Å²) in [4.78, 5) is 29.5. The number of fused-ring (bicyclic) bond motifs is 1. The van der Waals surface area contributed by atoms with Crippen LogP contribution in [0.1, 0.15) is 16.7 Å². The van der Waals surface area contributed by atoms with Gasteiger partial charge in [0.25, 0.3) is 5.91 Å². The van der Waals surface area contributed by atoms with E-state index < -0.39 is 29.5 Å². The van der Waals surface area contributed by atoms with Gasteiger partial charge in [0.15, 0.2) is 5.17 Å². The third kappa shape index (κ3) is 4.72. The normalized spacial score (nSPS) is 17.8. The number of rotatable bonds is 4. The third-order valence-electron chi connectivity index (χ3n) is 5.77. The van der Waals surface area contributed by atoms with Gasteiger partial charge in [0.1, 0.15) is 0 Å². The van der Waals surface area contributed by atoms with Crippen LogP contribution in [-0.4, -0.2) is 49.9 Å². The first kappa shape index (κ1) is 23.6. The van der Waals surface area contributed by atoms with Crippen molar-refractivity contribution in [1.29, 1.82) is 0 Å². The number of amides is 1. The summed E-state index contributed by atoms with van der Waals surface area (Å²) < 4.78 is 42.3. The highest BCUT2D eigenvalue weighted by molar-refractivity contribution is 9.10. The van der Waals surface area contributed by atoms with E-state index in [0.29, 0.717) is 38.5 Å². The van der Waals surface area contributed by atoms with Crippen molar-refractivity contribution < 1.29 is 27.9 Å². The smallest absolute Gasteiger partial charge is 0.416 e. The first-order chi connectivity index (χ1) is 16.6. The molecule has 0 spiro atoms. The second kappa shape index (κ2) is 8.83. The van der Waals surface area contributed by atoms with E-state index in [1.807, 2.05) is 0 Å². The van der Waals surface area contributed by atoms with E-state index in [2.05, 4.69) is 26.0 Å². The van der Waals surface area contributed by atoms with Crippen LogP contribution in [0.2, 0.25) is 0 Å². The molecule has 2 aromatic carbocycles. The lowest BCUT2D eigenvalue weighted by Crippen LogP contribution is -2.51. The topological polar surface area (TPSA) is 87.8 Å². The maximum absolute atomic E-state index is 13.5. The molecule has 1 saturated heterocycles. The van der Waals surface area contributed by atoms with Gasteiger partial charge in [-0.05, 0) is 53.2 Å². The van der Waals surface area contributed by atoms with Gasteiger partial charge in [0.2, 0.25) is 0 Å². The minimum Gasteiger partial charge on any atom is -0.481 e. The molecule has 180 valence electrons. The Kier molecular flexibility index (Phi) is 5.96. The van der Waals surface area contributed by atoms with E-state index >= 15 is 0 Å². The van der Waals surface area contributed by atoms with Gasteiger partial charge in [-0.25, -0.2) is 0 Å². The molecule has 35 heavy (non-hydrogen) atoms. The van der Waals surface area contributed by atoms with Crippen LogP contribution in [0, 0.1) is 5.92 Å². The fourth-order valence-corrected chi connectivity index (χ4v) is 5.20. The minimum atomic E-state index is -4.49. The summed E-state index contributed by atoms with van der Waals surface area (Å²) in [6, 6.07) is 9.36. The molecule has 1 amide bonds. The van der Waals surface area contributed by atoms with Crippen LogP contribution in [0.15, 0.2) is 57.0 Å². The van der Waals surface area contributed by atoms with Crippen LogP contribution in [0.25, 0.3) is 17.0 Å². The standard InChI is InChI=1S/C23H16BrF3N4O3S/c24-16-3-2-13(17(7-16)23(25,26)27)11-31-18-4-1-12(5-14(18)8-28-31)6-19-20(32)29-22(35-19)30-9-15(10-30)21(33)34/h1-8,15H,9-11H2,(H,33,34)/b19-6-. The first-order valence-electron chi connectivity index (χ1n) is 10.4. The molecule has 0 aliphatic carbocycles. The van der Waals surface area contributed by atoms with E-state index in [-0.39, 0.29) is 12.1 Å². The van der Waals surface area contributed by atoms with Crippen molar-refractivity contribution in [3.05, 3.63) is 68.7 Å². The molecule has 3 aromatic rings. The number of carbonyl (C=O) groups excluding carboxylic acids is 1. The summed E-state index contributed by atoms with van der Waals surface area (Å²) in [5, 5.41) is 14.5. The van der Waals surface area contributed by atoms with Crippen LogP contribution in [0.5, 0.6) is 0 Å². The molecule has 0 radical (unpaired) electrons. The Hall–Kier alpha value is -3.12. The van der Waals surface area contributed by atoms with Gasteiger partial charge in [-0.3, -0.25) is 14.3 Å². The van der Waals surface area contributed by atoms with Gasteiger partial charge in [0, 0.05) is 22.9 Å². The predicted molar refractivity (Wildman–Crippen MR) is 129 cm³/mol. The van der Waals surface area contributed by atoms with Gasteiger partial charge < -0.3 is 10.0 Å². The zero-order chi connectivity index (χ0) is 24.9. The maximum atomic E-state index is 13.5. The molecular formula is C23H16BrF3N4O3S. The van der Waals surface area contributed by atoms with Crippen LogP contribution >= 0.6 is 27.7 Å². The molecule has 0 saturated carbocycles. The van der Waals surface area contributed by atoms with Crippen LogP contribution in [0.4, 0.5) is 13.2 Å². The van der Waals surface area contributed by atoms with Crippen molar-refractivity contribution in [2.24, 2.45) is 10.9 Å². The van der Waals surface area contributed by atoms with E-state index in [1.165, 1.54) is 22.5 Å². The molecule has 3 heterocycles. The van der Waals surface area contributed by atoms with Crippen LogP contribution in [0.3, 0.4) is 0 Å². The summed E-state index contributed by atoms with van der Waals surface area (Å²) >= 11 is 4.29. The Bertz CT molecular complexity index is 1430. The summed E-state index contributed by atoms with van der Waals surface area (Å²) in [6.07, 6.45) is -1.23. The fourth-order valence-electron chi connectivity index (χ4n) is 3.91. The van der Waals surface area contributed by atoms with Crippen molar-refractivity contribution >= 4 is 61.7 Å². The number of hydrogen-bond acceptors (Lipinski definition) is 5. The largest absolute Gasteiger partial charge is 0.481 e. The van der Waals surface area contributed by atoms with Crippen molar-refractivity contribution in [2.45, 2.75) is 12.7 Å². The number of aliphatic carboxylic acids is 1. The lowest BCUT2D eigenvalue weighted by Gasteiger charge is -2.37. The number of nitrogens with zero attached hydrogens (tertiary/aromatic N) is 4. The highest BCUT2D eigenvalue weighted by Gasteiger charge is 2.38. The summed E-state index contributed by atoms with van der Waals surface area (Å²) in [5.41, 5.74) is 0.758. The molecule has 1 fully saturated rings. The lowest BCUT2D eigenvalue weighted by molar-refractivity contribution is -0.145. The van der Waals surface area contributed by atoms with Crippen LogP contribution in [-0.2, 0) is 22.3 Å². The molecule has 1 aromatic heterocycles. The molecule has 12 heteroatoms. The Morgan fingerprint density at radius 1 is 1.23 bits per heavy atom. The zero-order valence-corrected chi connectivity index (χ0v) is 20.2. The Labute approximate surface area is 209 Å². The number of hydrogen-bond donors (Lipinski definition) is 1. The highest BCUT2D eigenvalue weighted by atomic mass is 79.9. The number of amidine groups is 1. The number of thioether (sulfide) groups is 1. The number of halogens is 4. The number of carbonyl (C=O) groups is 2. The van der Waals surface area contributed by atoms with E-state index in [0.717, 1.165) is 11.6 Å². The van der Waals surface area contributed by atoms with Crippen molar-refractivity contribution in [3.63, 3.8) is 0 Å². The summed E-state index contributed by atoms with van der Waals surface area (Å²) in [7, 11) is 0. The molecular weight excluding hydrogens is 549 g/mol. The summed E-state index contributed by atoms with van der Waals surface area (Å²) in [5.74, 6) is -1.71. The number of aromatic nitrogens is 2. The maximum Gasteiger partial charge on any atom is 0.416 e. The van der Waals surface area contributed by atoms with Gasteiger partial charge in [-0.1, -0.05) is 28.1 Å². The van der Waals surface area contributed by atoms with Gasteiger partial charge in [-0.2, -0.15) is 23.3 Å². The predicted octanol–water partition coefficient (Wildman–Crippen LogP) is 4.85. The van der Waals surface area contributed by atoms with Crippen molar-refractivity contribution in [2.75, 3.05) is 13.1 Å². The Morgan fingerprint density at radius 2 is 2.00 bits per heavy atom. The number of likely N-dealkylation sites (tertiary alicyclic amines) is 1. The minimum absolute atomic E-state index is 0.0508. The highest BCUT2D eigenvalue weighted by Crippen LogP contribution is 2.35. The average Bonchev–Trinajstić information content (AvgIpc) is 3.30. The van der Waals surface area contributed by atoms with Crippen molar-refractivity contribution in [3.8, 4) is 0 Å². The number of carboxylic acid groups (broad SMARTS) is 1. The van der Waals surface area contributed by atoms with E-state index in [9.17, 15) is 22.8 Å². The monoisotopic (exact) mass is 564 g/mol. The number of benzene rings is 2. The Morgan fingerprint density at radius 3 is 2.71 bits per heavy atom. The van der Waals surface area contributed by atoms with E-state index in [4.69, 9.17) is 5.11 Å². The fraction of sp³-hybridized carbons (Fsp3) is 0.217. The molecule has 1 N–H and O–H groups in total. The number of aliphatic imine (C=N–C) groups is 1. The average molecular weight is 565 g/mol. The van der Waals surface area contributed by atoms with Crippen LogP contribution < -0.4 is 0 Å². The molecule has 7 nitrogen and oxygen atoms in total. The zero-order valence-electron chi connectivity index (χ0n) is 17.8. The van der Waals surface area contributed by atoms with Gasteiger partial charge in [0.05, 0.1) is 34.6 Å². The number of alkyl halides is 3. The van der Waals surface area contributed by atoms with Crippen molar-refractivity contribution in [1.82, 2.24) is 14.7 Å². The Balaban J connectivity index is 1.34. The second-order valence-electron chi connectivity index (χ2n) is 8.17. The van der Waals surface area contributed by atoms with Gasteiger partial charge >= 0.3 is 12.1 Å². The van der Waals surface area contributed by atoms with E-state index in [1.54, 1.807) is 41.4 Å². The summed E-state index contributed by atoms with van der Waals surface area (Å²) in [6.45, 7) is 0.591. The first-order valence-corrected chi connectivity index (χ1v) is 12.0. The molecule has 5 rings (SSSR count). The molecule has 0 bridgehead atoms. The second-order valence-corrected chi connectivity index (χ2v) is 10.1. The molecule has 2 aliphatic heterocycles. The molecule has 0 atom stereocenters. The number of carboxylic acids is 1. The van der Waals surface area contributed by atoms with Gasteiger partial charge in [-0.15, -0.1) is 0 Å².